The van der Waals surface area contributed by atoms with Crippen molar-refractivity contribution in [2.24, 2.45) is 0 Å². The van der Waals surface area contributed by atoms with Gasteiger partial charge in [-0.1, -0.05) is 24.3 Å². The number of esters is 1. The molecule has 1 saturated heterocycles. The van der Waals surface area contributed by atoms with Crippen molar-refractivity contribution in [1.82, 2.24) is 4.90 Å². The molecule has 1 aliphatic heterocycles. The number of rotatable bonds is 3. The summed E-state index contributed by atoms with van der Waals surface area (Å²) in [4.78, 5) is 26.2. The van der Waals surface area contributed by atoms with Crippen LogP contribution >= 0.6 is 11.8 Å². The maximum absolute atomic E-state index is 12.8. The van der Waals surface area contributed by atoms with Crippen LogP contribution in [0.3, 0.4) is 0 Å². The van der Waals surface area contributed by atoms with E-state index in [0.29, 0.717) is 16.4 Å². The Balaban J connectivity index is 1.68. The van der Waals surface area contributed by atoms with Crippen LogP contribution < -0.4 is 0 Å². The Bertz CT molecular complexity index is 788. The Morgan fingerprint density at radius 2 is 1.73 bits per heavy atom. The van der Waals surface area contributed by atoms with Crippen molar-refractivity contribution in [3.63, 3.8) is 0 Å². The zero-order valence-electron chi connectivity index (χ0n) is 15.1. The quantitative estimate of drug-likeness (QED) is 0.764. The SMILES string of the molecule is COC(=O)c1ccc(C(=O)N2CCS[C@@H](c3ccccc3C)CC2)cc1. The number of hydrogen-bond donors (Lipinski definition) is 0. The van der Waals surface area contributed by atoms with E-state index in [1.165, 1.54) is 18.2 Å². The molecule has 0 aliphatic carbocycles. The highest BCUT2D eigenvalue weighted by atomic mass is 32.2. The Hall–Kier alpha value is -2.27. The fourth-order valence-corrected chi connectivity index (χ4v) is 4.55. The van der Waals surface area contributed by atoms with Gasteiger partial charge in [0.15, 0.2) is 0 Å². The van der Waals surface area contributed by atoms with Crippen LogP contribution in [0.2, 0.25) is 0 Å². The zero-order chi connectivity index (χ0) is 18.5. The molecule has 0 N–H and O–H groups in total. The van der Waals surface area contributed by atoms with Crippen molar-refractivity contribution >= 4 is 23.6 Å². The van der Waals surface area contributed by atoms with E-state index in [1.807, 2.05) is 16.7 Å². The average molecular weight is 369 g/mol. The van der Waals surface area contributed by atoms with Crippen LogP contribution in [0.4, 0.5) is 0 Å². The van der Waals surface area contributed by atoms with E-state index < -0.39 is 5.97 Å². The molecule has 1 aliphatic rings. The smallest absolute Gasteiger partial charge is 0.337 e. The molecule has 0 unspecified atom stereocenters. The fourth-order valence-electron chi connectivity index (χ4n) is 3.22. The lowest BCUT2D eigenvalue weighted by atomic mass is 10.0. The van der Waals surface area contributed by atoms with Gasteiger partial charge < -0.3 is 9.64 Å². The number of nitrogens with zero attached hydrogens (tertiary/aromatic N) is 1. The van der Waals surface area contributed by atoms with Crippen LogP contribution in [-0.2, 0) is 4.74 Å². The second-order valence-corrected chi connectivity index (χ2v) is 7.68. The number of benzene rings is 2. The van der Waals surface area contributed by atoms with Crippen molar-refractivity contribution in [1.29, 1.82) is 0 Å². The van der Waals surface area contributed by atoms with Crippen molar-refractivity contribution in [3.8, 4) is 0 Å². The number of thioether (sulfide) groups is 1. The molecule has 1 heterocycles. The predicted molar refractivity (Wildman–Crippen MR) is 105 cm³/mol. The molecule has 0 spiro atoms. The lowest BCUT2D eigenvalue weighted by molar-refractivity contribution is 0.0599. The molecule has 5 heteroatoms. The summed E-state index contributed by atoms with van der Waals surface area (Å²) < 4.78 is 4.70. The maximum atomic E-state index is 12.8. The second kappa shape index (κ2) is 8.41. The van der Waals surface area contributed by atoms with Gasteiger partial charge in [0.05, 0.1) is 12.7 Å². The number of ether oxygens (including phenoxy) is 1. The van der Waals surface area contributed by atoms with E-state index in [2.05, 4.69) is 31.2 Å². The van der Waals surface area contributed by atoms with Crippen LogP contribution in [0.25, 0.3) is 0 Å². The summed E-state index contributed by atoms with van der Waals surface area (Å²) in [6.07, 6.45) is 0.946. The molecule has 1 fully saturated rings. The van der Waals surface area contributed by atoms with Gasteiger partial charge in [-0.2, -0.15) is 11.8 Å². The Morgan fingerprint density at radius 3 is 2.42 bits per heavy atom. The van der Waals surface area contributed by atoms with Crippen molar-refractivity contribution in [2.75, 3.05) is 26.0 Å². The minimum Gasteiger partial charge on any atom is -0.465 e. The van der Waals surface area contributed by atoms with Crippen LogP contribution in [0.5, 0.6) is 0 Å². The fraction of sp³-hybridized carbons (Fsp3) is 0.333. The number of carbonyl (C=O) groups is 2. The van der Waals surface area contributed by atoms with Gasteiger partial charge >= 0.3 is 5.97 Å². The summed E-state index contributed by atoms with van der Waals surface area (Å²) in [6, 6.07) is 15.2. The van der Waals surface area contributed by atoms with Gasteiger partial charge in [0.2, 0.25) is 0 Å². The number of methoxy groups -OCH3 is 1. The largest absolute Gasteiger partial charge is 0.465 e. The lowest BCUT2D eigenvalue weighted by Crippen LogP contribution is -2.33. The van der Waals surface area contributed by atoms with Crippen LogP contribution in [0, 0.1) is 6.92 Å². The molecule has 0 saturated carbocycles. The summed E-state index contributed by atoms with van der Waals surface area (Å²) in [5.41, 5.74) is 3.74. The first-order valence-corrected chi connectivity index (χ1v) is 9.80. The van der Waals surface area contributed by atoms with E-state index >= 15 is 0 Å². The van der Waals surface area contributed by atoms with Gasteiger partial charge in [-0.25, -0.2) is 4.79 Å². The lowest BCUT2D eigenvalue weighted by Gasteiger charge is -2.21. The van der Waals surface area contributed by atoms with Gasteiger partial charge in [-0.3, -0.25) is 4.79 Å². The molecular formula is C21H23NO3S. The van der Waals surface area contributed by atoms with Gasteiger partial charge in [-0.05, 0) is 48.7 Å². The minimum atomic E-state index is -0.392. The van der Waals surface area contributed by atoms with E-state index in [1.54, 1.807) is 24.3 Å². The summed E-state index contributed by atoms with van der Waals surface area (Å²) >= 11 is 1.92. The molecule has 136 valence electrons. The Morgan fingerprint density at radius 1 is 1.04 bits per heavy atom. The molecule has 0 aromatic heterocycles. The molecule has 0 bridgehead atoms. The third-order valence-electron chi connectivity index (χ3n) is 4.72. The third-order valence-corrected chi connectivity index (χ3v) is 6.03. The van der Waals surface area contributed by atoms with Crippen LogP contribution in [0.1, 0.15) is 43.5 Å². The van der Waals surface area contributed by atoms with Crippen LogP contribution in [0.15, 0.2) is 48.5 Å². The topological polar surface area (TPSA) is 46.6 Å². The maximum Gasteiger partial charge on any atom is 0.337 e. The van der Waals surface area contributed by atoms with Gasteiger partial charge in [0, 0.05) is 29.7 Å². The van der Waals surface area contributed by atoms with E-state index in [-0.39, 0.29) is 5.91 Å². The monoisotopic (exact) mass is 369 g/mol. The normalized spacial score (nSPS) is 17.5. The second-order valence-electron chi connectivity index (χ2n) is 6.37. The molecule has 0 radical (unpaired) electrons. The molecule has 4 nitrogen and oxygen atoms in total. The molecule has 1 atom stereocenters. The summed E-state index contributed by atoms with van der Waals surface area (Å²) in [5.74, 6) is 0.550. The molecule has 1 amide bonds. The van der Waals surface area contributed by atoms with Gasteiger partial charge in [0.1, 0.15) is 0 Å². The Labute approximate surface area is 158 Å². The van der Waals surface area contributed by atoms with Gasteiger partial charge in [0.25, 0.3) is 5.91 Å². The highest BCUT2D eigenvalue weighted by Gasteiger charge is 2.23. The molecule has 2 aromatic carbocycles. The highest BCUT2D eigenvalue weighted by molar-refractivity contribution is 7.99. The van der Waals surface area contributed by atoms with E-state index in [4.69, 9.17) is 4.74 Å². The first kappa shape index (κ1) is 18.5. The molecular weight excluding hydrogens is 346 g/mol. The minimum absolute atomic E-state index is 0.0208. The number of carbonyl (C=O) groups excluding carboxylic acids is 2. The highest BCUT2D eigenvalue weighted by Crippen LogP contribution is 2.36. The average Bonchev–Trinajstić information content (AvgIpc) is 2.93. The van der Waals surface area contributed by atoms with E-state index in [9.17, 15) is 9.59 Å². The van der Waals surface area contributed by atoms with Crippen molar-refractivity contribution in [2.45, 2.75) is 18.6 Å². The van der Waals surface area contributed by atoms with Gasteiger partial charge in [-0.15, -0.1) is 0 Å². The number of aryl methyl sites for hydroxylation is 1. The number of hydrogen-bond acceptors (Lipinski definition) is 4. The Kier molecular flexibility index (Phi) is 5.99. The first-order chi connectivity index (χ1) is 12.6. The van der Waals surface area contributed by atoms with E-state index in [0.717, 1.165) is 25.3 Å². The van der Waals surface area contributed by atoms with Crippen molar-refractivity contribution < 1.29 is 14.3 Å². The molecule has 2 aromatic rings. The van der Waals surface area contributed by atoms with Crippen molar-refractivity contribution in [3.05, 3.63) is 70.8 Å². The zero-order valence-corrected chi connectivity index (χ0v) is 15.9. The van der Waals surface area contributed by atoms with Crippen LogP contribution in [-0.4, -0.2) is 42.7 Å². The molecule has 3 rings (SSSR count). The first-order valence-electron chi connectivity index (χ1n) is 8.75. The predicted octanol–water partition coefficient (Wildman–Crippen LogP) is 4.10. The summed E-state index contributed by atoms with van der Waals surface area (Å²) in [6.45, 7) is 3.63. The third kappa shape index (κ3) is 4.10. The summed E-state index contributed by atoms with van der Waals surface area (Å²) in [5, 5.41) is 0.427. The molecule has 26 heavy (non-hydrogen) atoms. The standard InChI is InChI=1S/C21H23NO3S/c1-15-5-3-4-6-18(15)19-11-12-22(13-14-26-19)20(23)16-7-9-17(10-8-16)21(24)25-2/h3-10,19H,11-14H2,1-2H3/t19-/m1/s1. The number of amides is 1. The summed E-state index contributed by atoms with van der Waals surface area (Å²) in [7, 11) is 1.35.